The number of hydrogen-bond donors (Lipinski definition) is 1. The molecule has 2 heterocycles. The van der Waals surface area contributed by atoms with Crippen LogP contribution in [-0.2, 0) is 0 Å². The average Bonchev–Trinajstić information content (AvgIpc) is 3.22. The number of carbonyl (C=O) groups is 1. The van der Waals surface area contributed by atoms with Crippen molar-refractivity contribution in [2.75, 3.05) is 19.5 Å². The highest BCUT2D eigenvalue weighted by atomic mass is 32.1. The number of carbonyl (C=O) groups excluding carboxylic acids is 1. The Bertz CT molecular complexity index is 1130. The van der Waals surface area contributed by atoms with Crippen LogP contribution in [0.2, 0.25) is 0 Å². The smallest absolute Gasteiger partial charge is 0.261 e. The quantitative estimate of drug-likeness (QED) is 0.560. The molecule has 0 aliphatic carbocycles. The molecule has 1 amide bonds. The van der Waals surface area contributed by atoms with Crippen molar-refractivity contribution < 1.29 is 14.3 Å². The summed E-state index contributed by atoms with van der Waals surface area (Å²) in [6.07, 6.45) is 0. The van der Waals surface area contributed by atoms with Crippen molar-refractivity contribution in [1.29, 1.82) is 0 Å². The summed E-state index contributed by atoms with van der Waals surface area (Å²) in [6, 6.07) is 9.03. The summed E-state index contributed by atoms with van der Waals surface area (Å²) in [4.78, 5) is 21.8. The van der Waals surface area contributed by atoms with E-state index >= 15 is 0 Å². The van der Waals surface area contributed by atoms with E-state index < -0.39 is 0 Å². The molecular weight excluding hydrogens is 370 g/mol. The van der Waals surface area contributed by atoms with Gasteiger partial charge in [0.1, 0.15) is 17.0 Å². The van der Waals surface area contributed by atoms with Gasteiger partial charge >= 0.3 is 0 Å². The van der Waals surface area contributed by atoms with Gasteiger partial charge in [-0.3, -0.25) is 10.1 Å². The van der Waals surface area contributed by atoms with Crippen LogP contribution in [0, 0.1) is 6.92 Å². The molecule has 0 radical (unpaired) electrons. The lowest BCUT2D eigenvalue weighted by Gasteiger charge is -2.09. The van der Waals surface area contributed by atoms with Crippen LogP contribution >= 0.6 is 22.7 Å². The van der Waals surface area contributed by atoms with Crippen LogP contribution < -0.4 is 14.8 Å². The van der Waals surface area contributed by atoms with Gasteiger partial charge in [0.25, 0.3) is 5.91 Å². The molecule has 0 aliphatic rings. The van der Waals surface area contributed by atoms with Crippen molar-refractivity contribution in [2.24, 2.45) is 0 Å². The summed E-state index contributed by atoms with van der Waals surface area (Å²) in [5.41, 5.74) is 2.18. The third-order valence-corrected chi connectivity index (χ3v) is 5.82. The lowest BCUT2D eigenvalue weighted by Crippen LogP contribution is -2.13. The van der Waals surface area contributed by atoms with Gasteiger partial charge in [-0.15, -0.1) is 11.3 Å². The Labute approximate surface area is 157 Å². The molecule has 0 fully saturated rings. The zero-order valence-electron chi connectivity index (χ0n) is 14.3. The number of methoxy groups -OCH3 is 2. The topological polar surface area (TPSA) is 73.3 Å². The Morgan fingerprint density at radius 3 is 2.69 bits per heavy atom. The number of nitrogens with one attached hydrogen (secondary N) is 1. The van der Waals surface area contributed by atoms with E-state index in [2.05, 4.69) is 15.3 Å². The van der Waals surface area contributed by atoms with Crippen molar-refractivity contribution in [2.45, 2.75) is 6.92 Å². The van der Waals surface area contributed by atoms with Gasteiger partial charge in [-0.05, 0) is 31.2 Å². The molecule has 0 saturated carbocycles. The standard InChI is InChI=1S/C18H15N3O3S2/c1-9-19-15-14(25-9)7-6-12-16(15)26-18(20-12)21-17(22)11-5-4-10(23-2)8-13(11)24-3/h4-8H,1-3H3,(H,20,21,22). The van der Waals surface area contributed by atoms with Crippen LogP contribution in [0.4, 0.5) is 5.13 Å². The minimum atomic E-state index is -0.283. The van der Waals surface area contributed by atoms with Gasteiger partial charge in [0.05, 0.1) is 39.7 Å². The van der Waals surface area contributed by atoms with E-state index in [9.17, 15) is 4.79 Å². The molecule has 6 nitrogen and oxygen atoms in total. The Morgan fingerprint density at radius 1 is 1.08 bits per heavy atom. The number of rotatable bonds is 4. The van der Waals surface area contributed by atoms with E-state index in [1.807, 2.05) is 19.1 Å². The molecule has 8 heteroatoms. The maximum Gasteiger partial charge on any atom is 0.261 e. The lowest BCUT2D eigenvalue weighted by atomic mass is 10.2. The van der Waals surface area contributed by atoms with E-state index in [-0.39, 0.29) is 5.91 Å². The number of fused-ring (bicyclic) bond motifs is 3. The largest absolute Gasteiger partial charge is 0.497 e. The predicted molar refractivity (Wildman–Crippen MR) is 105 cm³/mol. The summed E-state index contributed by atoms with van der Waals surface area (Å²) in [5.74, 6) is 0.787. The third kappa shape index (κ3) is 2.87. The molecule has 2 aromatic carbocycles. The number of aromatic nitrogens is 2. The Hall–Kier alpha value is -2.71. The highest BCUT2D eigenvalue weighted by Crippen LogP contribution is 2.35. The van der Waals surface area contributed by atoms with Crippen LogP contribution in [0.3, 0.4) is 0 Å². The molecule has 4 rings (SSSR count). The van der Waals surface area contributed by atoms with Crippen molar-refractivity contribution >= 4 is 54.1 Å². The van der Waals surface area contributed by atoms with Crippen LogP contribution in [0.25, 0.3) is 20.4 Å². The minimum absolute atomic E-state index is 0.283. The van der Waals surface area contributed by atoms with Gasteiger partial charge in [0.15, 0.2) is 5.13 Å². The van der Waals surface area contributed by atoms with E-state index in [1.54, 1.807) is 36.6 Å². The second kappa shape index (κ2) is 6.54. The minimum Gasteiger partial charge on any atom is -0.497 e. The molecule has 2 aromatic heterocycles. The summed E-state index contributed by atoms with van der Waals surface area (Å²) in [6.45, 7) is 1.98. The van der Waals surface area contributed by atoms with E-state index in [1.165, 1.54) is 18.4 Å². The molecule has 132 valence electrons. The Kier molecular flexibility index (Phi) is 4.21. The summed E-state index contributed by atoms with van der Waals surface area (Å²) in [5, 5.41) is 4.39. The highest BCUT2D eigenvalue weighted by molar-refractivity contribution is 7.24. The van der Waals surface area contributed by atoms with Crippen LogP contribution in [-0.4, -0.2) is 30.1 Å². The van der Waals surface area contributed by atoms with Gasteiger partial charge in [0, 0.05) is 6.07 Å². The number of ether oxygens (including phenoxy) is 2. The summed E-state index contributed by atoms with van der Waals surface area (Å²) >= 11 is 3.07. The molecule has 0 atom stereocenters. The van der Waals surface area contributed by atoms with Crippen LogP contribution in [0.1, 0.15) is 15.4 Å². The SMILES string of the molecule is COc1ccc(C(=O)Nc2nc3ccc4sc(C)nc4c3s2)c(OC)c1. The van der Waals surface area contributed by atoms with Gasteiger partial charge in [0.2, 0.25) is 0 Å². The van der Waals surface area contributed by atoms with E-state index in [4.69, 9.17) is 9.47 Å². The molecule has 0 aliphatic heterocycles. The fraction of sp³-hybridized carbons (Fsp3) is 0.167. The summed E-state index contributed by atoms with van der Waals surface area (Å²) in [7, 11) is 3.08. The fourth-order valence-electron chi connectivity index (χ4n) is 2.69. The maximum absolute atomic E-state index is 12.7. The summed E-state index contributed by atoms with van der Waals surface area (Å²) < 4.78 is 12.6. The number of aryl methyl sites for hydroxylation is 1. The van der Waals surface area contributed by atoms with Crippen LogP contribution in [0.15, 0.2) is 30.3 Å². The Balaban J connectivity index is 1.68. The van der Waals surface area contributed by atoms with Gasteiger partial charge in [-0.25, -0.2) is 9.97 Å². The predicted octanol–water partition coefficient (Wildman–Crippen LogP) is 4.48. The number of anilines is 1. The number of amides is 1. The Morgan fingerprint density at radius 2 is 1.92 bits per heavy atom. The number of hydrogen-bond acceptors (Lipinski definition) is 7. The second-order valence-electron chi connectivity index (χ2n) is 5.53. The first-order chi connectivity index (χ1) is 12.6. The van der Waals surface area contributed by atoms with Crippen molar-refractivity contribution in [1.82, 2.24) is 9.97 Å². The number of benzene rings is 2. The molecule has 0 unspecified atom stereocenters. The molecule has 26 heavy (non-hydrogen) atoms. The van der Waals surface area contributed by atoms with Crippen molar-refractivity contribution in [3.05, 3.63) is 40.9 Å². The molecule has 0 bridgehead atoms. The fourth-order valence-corrected chi connectivity index (χ4v) is 4.54. The second-order valence-corrected chi connectivity index (χ2v) is 7.77. The molecule has 0 saturated heterocycles. The van der Waals surface area contributed by atoms with E-state index in [0.717, 1.165) is 25.4 Å². The third-order valence-electron chi connectivity index (χ3n) is 3.90. The lowest BCUT2D eigenvalue weighted by molar-refractivity contribution is 0.102. The monoisotopic (exact) mass is 385 g/mol. The molecule has 4 aromatic rings. The van der Waals surface area contributed by atoms with Crippen molar-refractivity contribution in [3.8, 4) is 11.5 Å². The maximum atomic E-state index is 12.7. The molecular formula is C18H15N3O3S2. The highest BCUT2D eigenvalue weighted by Gasteiger charge is 2.17. The average molecular weight is 385 g/mol. The van der Waals surface area contributed by atoms with Gasteiger partial charge in [-0.1, -0.05) is 11.3 Å². The number of nitrogens with zero attached hydrogens (tertiary/aromatic N) is 2. The van der Waals surface area contributed by atoms with Crippen molar-refractivity contribution in [3.63, 3.8) is 0 Å². The normalized spacial score (nSPS) is 11.0. The molecule has 1 N–H and O–H groups in total. The van der Waals surface area contributed by atoms with Crippen LogP contribution in [0.5, 0.6) is 11.5 Å². The first-order valence-corrected chi connectivity index (χ1v) is 9.42. The zero-order valence-corrected chi connectivity index (χ0v) is 16.0. The first-order valence-electron chi connectivity index (χ1n) is 7.79. The van der Waals surface area contributed by atoms with Gasteiger partial charge in [-0.2, -0.15) is 0 Å². The first kappa shape index (κ1) is 16.7. The van der Waals surface area contributed by atoms with E-state index in [0.29, 0.717) is 22.2 Å². The molecule has 0 spiro atoms. The van der Waals surface area contributed by atoms with Gasteiger partial charge < -0.3 is 9.47 Å². The number of thiazole rings is 2. The zero-order chi connectivity index (χ0) is 18.3.